The average Bonchev–Trinajstić information content (AvgIpc) is 2.67. The molecule has 0 saturated carbocycles. The summed E-state index contributed by atoms with van der Waals surface area (Å²) in [7, 11) is 2.21. The van der Waals surface area contributed by atoms with Crippen molar-refractivity contribution in [3.05, 3.63) is 35.1 Å². The Hall–Kier alpha value is -1.28. The topological polar surface area (TPSA) is 16.4 Å². The number of piperidine rings is 1. The van der Waals surface area contributed by atoms with Crippen molar-refractivity contribution in [1.29, 1.82) is 0 Å². The van der Waals surface area contributed by atoms with Gasteiger partial charge in [0.05, 0.1) is 0 Å². The Balaban J connectivity index is 2.04. The van der Waals surface area contributed by atoms with Crippen LogP contribution in [-0.2, 0) is 0 Å². The smallest absolute Gasteiger partial charge is 0.138 e. The molecule has 2 heteroatoms. The third-order valence-electron chi connectivity index (χ3n) is 4.39. The lowest BCUT2D eigenvalue weighted by atomic mass is 9.88. The van der Waals surface area contributed by atoms with E-state index in [0.717, 1.165) is 11.3 Å². The number of hydrogen-bond acceptors (Lipinski definition) is 2. The molecule has 0 unspecified atom stereocenters. The lowest BCUT2D eigenvalue weighted by molar-refractivity contribution is 0.255. The minimum absolute atomic E-state index is 0.662. The van der Waals surface area contributed by atoms with Crippen LogP contribution in [0.1, 0.15) is 35.6 Å². The molecule has 0 amide bonds. The number of furan rings is 1. The number of fused-ring (bicyclic) bond motifs is 1. The molecule has 0 spiro atoms. The fraction of sp³-hybridized carbons (Fsp3) is 0.500. The van der Waals surface area contributed by atoms with E-state index in [1.807, 2.05) is 0 Å². The van der Waals surface area contributed by atoms with Crippen molar-refractivity contribution in [2.75, 3.05) is 20.1 Å². The molecule has 0 bridgehead atoms. The lowest BCUT2D eigenvalue weighted by Gasteiger charge is -2.29. The first-order valence-electron chi connectivity index (χ1n) is 6.84. The fourth-order valence-corrected chi connectivity index (χ4v) is 3.02. The van der Waals surface area contributed by atoms with Crippen molar-refractivity contribution in [1.82, 2.24) is 4.90 Å². The first kappa shape index (κ1) is 11.8. The van der Waals surface area contributed by atoms with Crippen molar-refractivity contribution < 1.29 is 4.42 Å². The molecular weight excluding hydrogens is 222 g/mol. The first-order chi connectivity index (χ1) is 8.66. The summed E-state index contributed by atoms with van der Waals surface area (Å²) in [4.78, 5) is 2.41. The maximum Gasteiger partial charge on any atom is 0.138 e. The van der Waals surface area contributed by atoms with E-state index in [1.54, 1.807) is 0 Å². The quantitative estimate of drug-likeness (QED) is 0.756. The molecule has 2 heterocycles. The van der Waals surface area contributed by atoms with Gasteiger partial charge in [0.25, 0.3) is 0 Å². The molecule has 2 nitrogen and oxygen atoms in total. The van der Waals surface area contributed by atoms with Gasteiger partial charge in [-0.1, -0.05) is 18.2 Å². The maximum absolute atomic E-state index is 6.00. The van der Waals surface area contributed by atoms with E-state index in [4.69, 9.17) is 4.42 Å². The van der Waals surface area contributed by atoms with E-state index in [-0.39, 0.29) is 0 Å². The second kappa shape index (κ2) is 4.43. The molecule has 1 aliphatic heterocycles. The van der Waals surface area contributed by atoms with Gasteiger partial charge in [-0.15, -0.1) is 0 Å². The van der Waals surface area contributed by atoms with Gasteiger partial charge in [0, 0.05) is 5.39 Å². The molecule has 1 aliphatic rings. The molecule has 18 heavy (non-hydrogen) atoms. The monoisotopic (exact) mass is 243 g/mol. The molecule has 1 fully saturated rings. The highest BCUT2D eigenvalue weighted by atomic mass is 16.3. The zero-order valence-corrected chi connectivity index (χ0v) is 11.5. The number of benzene rings is 1. The number of rotatable bonds is 1. The largest absolute Gasteiger partial charge is 0.461 e. The number of hydrogen-bond donors (Lipinski definition) is 0. The van der Waals surface area contributed by atoms with Crippen molar-refractivity contribution in [3.8, 4) is 0 Å². The van der Waals surface area contributed by atoms with Crippen LogP contribution in [0.3, 0.4) is 0 Å². The molecular formula is C16H21NO. The van der Waals surface area contributed by atoms with Gasteiger partial charge in [-0.05, 0) is 63.9 Å². The second-order valence-electron chi connectivity index (χ2n) is 5.58. The Kier molecular flexibility index (Phi) is 2.90. The number of likely N-dealkylation sites (tertiary alicyclic amines) is 1. The minimum Gasteiger partial charge on any atom is -0.461 e. The zero-order valence-electron chi connectivity index (χ0n) is 11.5. The van der Waals surface area contributed by atoms with E-state index in [9.17, 15) is 0 Å². The van der Waals surface area contributed by atoms with Crippen LogP contribution < -0.4 is 0 Å². The van der Waals surface area contributed by atoms with Gasteiger partial charge < -0.3 is 9.32 Å². The van der Waals surface area contributed by atoms with Crippen LogP contribution >= 0.6 is 0 Å². The van der Waals surface area contributed by atoms with Gasteiger partial charge >= 0.3 is 0 Å². The minimum atomic E-state index is 0.662. The summed E-state index contributed by atoms with van der Waals surface area (Å²) in [5.41, 5.74) is 3.83. The van der Waals surface area contributed by atoms with E-state index in [0.29, 0.717) is 5.92 Å². The standard InChI is InChI=1S/C16H21NO/c1-11-12(2)18-16-14(11)5-4-6-15(16)13-7-9-17(3)10-8-13/h4-6,13H,7-10H2,1-3H3. The Morgan fingerprint density at radius 1 is 1.17 bits per heavy atom. The Bertz CT molecular complexity index is 562. The maximum atomic E-state index is 6.00. The van der Waals surface area contributed by atoms with Crippen molar-refractivity contribution in [2.45, 2.75) is 32.6 Å². The van der Waals surface area contributed by atoms with Gasteiger partial charge in [-0.25, -0.2) is 0 Å². The normalized spacial score (nSPS) is 18.6. The third-order valence-corrected chi connectivity index (χ3v) is 4.39. The molecule has 1 aromatic heterocycles. The fourth-order valence-electron chi connectivity index (χ4n) is 3.02. The predicted octanol–water partition coefficient (Wildman–Crippen LogP) is 3.86. The number of nitrogens with zero attached hydrogens (tertiary/aromatic N) is 1. The van der Waals surface area contributed by atoms with E-state index in [2.05, 4.69) is 44.0 Å². The van der Waals surface area contributed by atoms with E-state index >= 15 is 0 Å². The van der Waals surface area contributed by atoms with Crippen molar-refractivity contribution in [2.24, 2.45) is 0 Å². The molecule has 0 N–H and O–H groups in total. The SMILES string of the molecule is Cc1oc2c(C3CCN(C)CC3)cccc2c1C. The summed E-state index contributed by atoms with van der Waals surface area (Å²) < 4.78 is 6.00. The first-order valence-corrected chi connectivity index (χ1v) is 6.84. The molecule has 96 valence electrons. The van der Waals surface area contributed by atoms with Crippen LogP contribution in [0.15, 0.2) is 22.6 Å². The van der Waals surface area contributed by atoms with Crippen molar-refractivity contribution >= 4 is 11.0 Å². The highest BCUT2D eigenvalue weighted by Crippen LogP contribution is 2.35. The van der Waals surface area contributed by atoms with Crippen LogP contribution in [0.2, 0.25) is 0 Å². The molecule has 1 saturated heterocycles. The summed E-state index contributed by atoms with van der Waals surface area (Å²) >= 11 is 0. The molecule has 0 atom stereocenters. The van der Waals surface area contributed by atoms with Crippen molar-refractivity contribution in [3.63, 3.8) is 0 Å². The summed E-state index contributed by atoms with van der Waals surface area (Å²) in [6, 6.07) is 6.61. The van der Waals surface area contributed by atoms with Gasteiger partial charge in [0.2, 0.25) is 0 Å². The van der Waals surface area contributed by atoms with Crippen LogP contribution in [0, 0.1) is 13.8 Å². The average molecular weight is 243 g/mol. The lowest BCUT2D eigenvalue weighted by Crippen LogP contribution is -2.29. The summed E-state index contributed by atoms with van der Waals surface area (Å²) in [6.07, 6.45) is 2.49. The van der Waals surface area contributed by atoms with Gasteiger partial charge in [-0.2, -0.15) is 0 Å². The summed E-state index contributed by atoms with van der Waals surface area (Å²) in [6.45, 7) is 6.60. The number of para-hydroxylation sites is 1. The van der Waals surface area contributed by atoms with Gasteiger partial charge in [0.1, 0.15) is 11.3 Å². The Morgan fingerprint density at radius 3 is 2.61 bits per heavy atom. The van der Waals surface area contributed by atoms with Crippen LogP contribution in [0.5, 0.6) is 0 Å². The van der Waals surface area contributed by atoms with Crippen LogP contribution in [-0.4, -0.2) is 25.0 Å². The molecule has 3 rings (SSSR count). The molecule has 1 aromatic carbocycles. The summed E-state index contributed by atoms with van der Waals surface area (Å²) in [5.74, 6) is 1.72. The van der Waals surface area contributed by atoms with E-state index < -0.39 is 0 Å². The highest BCUT2D eigenvalue weighted by molar-refractivity contribution is 5.85. The molecule has 0 radical (unpaired) electrons. The van der Waals surface area contributed by atoms with Crippen LogP contribution in [0.25, 0.3) is 11.0 Å². The van der Waals surface area contributed by atoms with Gasteiger partial charge in [0.15, 0.2) is 0 Å². The zero-order chi connectivity index (χ0) is 12.7. The van der Waals surface area contributed by atoms with E-state index in [1.165, 1.54) is 42.4 Å². The Labute approximate surface area is 109 Å². The Morgan fingerprint density at radius 2 is 1.89 bits per heavy atom. The van der Waals surface area contributed by atoms with Gasteiger partial charge in [-0.3, -0.25) is 0 Å². The van der Waals surface area contributed by atoms with Crippen LogP contribution in [0.4, 0.5) is 0 Å². The second-order valence-corrected chi connectivity index (χ2v) is 5.58. The number of aryl methyl sites for hydroxylation is 2. The highest BCUT2D eigenvalue weighted by Gasteiger charge is 2.22. The summed E-state index contributed by atoms with van der Waals surface area (Å²) in [5, 5.41) is 1.30. The molecule has 0 aliphatic carbocycles. The predicted molar refractivity (Wildman–Crippen MR) is 75.2 cm³/mol. The third kappa shape index (κ3) is 1.85. The molecule has 2 aromatic rings.